The number of nitro groups is 1. The molecule has 3 rings (SSSR count). The van der Waals surface area contributed by atoms with E-state index in [1.807, 2.05) is 32.0 Å². The molecule has 0 atom stereocenters. The van der Waals surface area contributed by atoms with Gasteiger partial charge >= 0.3 is 0 Å². The van der Waals surface area contributed by atoms with Crippen LogP contribution in [-0.2, 0) is 0 Å². The van der Waals surface area contributed by atoms with E-state index in [9.17, 15) is 14.9 Å². The van der Waals surface area contributed by atoms with Gasteiger partial charge in [-0.3, -0.25) is 20.2 Å². The van der Waals surface area contributed by atoms with Gasteiger partial charge < -0.3 is 4.74 Å². The molecule has 0 bridgehead atoms. The molecule has 2 aromatic carbocycles. The van der Waals surface area contributed by atoms with Gasteiger partial charge in [-0.25, -0.2) is 4.98 Å². The first kappa shape index (κ1) is 16.8. The molecule has 0 unspecified atom stereocenters. The molecule has 3 aromatic rings. The molecule has 8 heteroatoms. The van der Waals surface area contributed by atoms with E-state index in [1.54, 1.807) is 0 Å². The number of carbonyl (C=O) groups excluding carboxylic acids is 1. The van der Waals surface area contributed by atoms with Gasteiger partial charge in [0.15, 0.2) is 10.9 Å². The topological polar surface area (TPSA) is 94.4 Å². The Morgan fingerprint density at radius 2 is 2.04 bits per heavy atom. The Morgan fingerprint density at radius 1 is 1.28 bits per heavy atom. The maximum absolute atomic E-state index is 12.5. The summed E-state index contributed by atoms with van der Waals surface area (Å²) in [6.45, 7) is 3.77. The molecule has 7 nitrogen and oxygen atoms in total. The van der Waals surface area contributed by atoms with Gasteiger partial charge in [0.2, 0.25) is 0 Å². The van der Waals surface area contributed by atoms with Gasteiger partial charge in [0.1, 0.15) is 5.52 Å². The standard InChI is InChI=1S/C17H15N3O4S/c1-9-4-5-10(2)12(6-9)16(21)19-17-18-15-13(24-3)7-11(20(22)23)8-14(15)25-17/h4-8H,1-3H3,(H,18,19,21). The molecule has 1 aromatic heterocycles. The lowest BCUT2D eigenvalue weighted by atomic mass is 10.1. The molecular formula is C17H15N3O4S. The average molecular weight is 357 g/mol. The van der Waals surface area contributed by atoms with Crippen molar-refractivity contribution < 1.29 is 14.5 Å². The zero-order valence-corrected chi connectivity index (χ0v) is 14.6. The Labute approximate surface area is 147 Å². The predicted octanol–water partition coefficient (Wildman–Crippen LogP) is 4.08. The average Bonchev–Trinajstić information content (AvgIpc) is 2.98. The number of benzene rings is 2. The third-order valence-corrected chi connectivity index (χ3v) is 4.65. The van der Waals surface area contributed by atoms with Crippen molar-refractivity contribution >= 4 is 38.3 Å². The van der Waals surface area contributed by atoms with Gasteiger partial charge in [-0.2, -0.15) is 0 Å². The quantitative estimate of drug-likeness (QED) is 0.561. The van der Waals surface area contributed by atoms with Crippen molar-refractivity contribution in [2.45, 2.75) is 13.8 Å². The van der Waals surface area contributed by atoms with Crippen molar-refractivity contribution in [3.63, 3.8) is 0 Å². The fraction of sp³-hybridized carbons (Fsp3) is 0.176. The minimum absolute atomic E-state index is 0.0830. The normalized spacial score (nSPS) is 10.7. The van der Waals surface area contributed by atoms with Crippen molar-refractivity contribution in [3.05, 3.63) is 57.1 Å². The maximum atomic E-state index is 12.5. The number of carbonyl (C=O) groups is 1. The number of aryl methyl sites for hydroxylation is 2. The summed E-state index contributed by atoms with van der Waals surface area (Å²) in [6, 6.07) is 8.37. The number of thiazole rings is 1. The van der Waals surface area contributed by atoms with E-state index in [1.165, 1.54) is 19.2 Å². The van der Waals surface area contributed by atoms with E-state index in [-0.39, 0.29) is 11.6 Å². The van der Waals surface area contributed by atoms with Crippen molar-refractivity contribution in [2.75, 3.05) is 12.4 Å². The minimum Gasteiger partial charge on any atom is -0.494 e. The van der Waals surface area contributed by atoms with Crippen LogP contribution in [0.4, 0.5) is 10.8 Å². The molecule has 1 N–H and O–H groups in total. The highest BCUT2D eigenvalue weighted by molar-refractivity contribution is 7.22. The second-order valence-corrected chi connectivity index (χ2v) is 6.57. The summed E-state index contributed by atoms with van der Waals surface area (Å²) in [5, 5.41) is 14.1. The van der Waals surface area contributed by atoms with Crippen LogP contribution >= 0.6 is 11.3 Å². The van der Waals surface area contributed by atoms with E-state index < -0.39 is 4.92 Å². The van der Waals surface area contributed by atoms with Crippen LogP contribution in [0.5, 0.6) is 5.75 Å². The number of nitrogens with zero attached hydrogens (tertiary/aromatic N) is 2. The SMILES string of the molecule is COc1cc([N+](=O)[O-])cc2sc(NC(=O)c3cc(C)ccc3C)nc12. The van der Waals surface area contributed by atoms with Gasteiger partial charge in [0.25, 0.3) is 11.6 Å². The van der Waals surface area contributed by atoms with Crippen molar-refractivity contribution in [2.24, 2.45) is 0 Å². The van der Waals surface area contributed by atoms with Gasteiger partial charge in [-0.1, -0.05) is 29.0 Å². The number of rotatable bonds is 4. The number of nitrogens with one attached hydrogen (secondary N) is 1. The first-order valence-corrected chi connectivity index (χ1v) is 8.22. The van der Waals surface area contributed by atoms with Crippen molar-refractivity contribution in [1.82, 2.24) is 4.98 Å². The molecule has 0 aliphatic heterocycles. The van der Waals surface area contributed by atoms with Crippen LogP contribution in [0.3, 0.4) is 0 Å². The second-order valence-electron chi connectivity index (χ2n) is 5.54. The van der Waals surface area contributed by atoms with Crippen LogP contribution in [0.25, 0.3) is 10.2 Å². The van der Waals surface area contributed by atoms with Crippen LogP contribution < -0.4 is 10.1 Å². The summed E-state index contributed by atoms with van der Waals surface area (Å²) in [7, 11) is 1.42. The summed E-state index contributed by atoms with van der Waals surface area (Å²) < 4.78 is 5.75. The molecule has 25 heavy (non-hydrogen) atoms. The number of anilines is 1. The van der Waals surface area contributed by atoms with Crippen LogP contribution in [0.2, 0.25) is 0 Å². The Balaban J connectivity index is 1.98. The van der Waals surface area contributed by atoms with Crippen LogP contribution in [-0.4, -0.2) is 22.9 Å². The lowest BCUT2D eigenvalue weighted by Gasteiger charge is -2.06. The monoisotopic (exact) mass is 357 g/mol. The molecule has 0 spiro atoms. The first-order chi connectivity index (χ1) is 11.9. The minimum atomic E-state index is -0.490. The highest BCUT2D eigenvalue weighted by atomic mass is 32.1. The summed E-state index contributed by atoms with van der Waals surface area (Å²) in [4.78, 5) is 27.4. The van der Waals surface area contributed by atoms with Crippen molar-refractivity contribution in [3.8, 4) is 5.75 Å². The van der Waals surface area contributed by atoms with Crippen LogP contribution in [0.1, 0.15) is 21.5 Å². The number of fused-ring (bicyclic) bond motifs is 1. The van der Waals surface area contributed by atoms with E-state index in [0.717, 1.165) is 22.5 Å². The number of aromatic nitrogens is 1. The second kappa shape index (κ2) is 6.48. The maximum Gasteiger partial charge on any atom is 0.274 e. The van der Waals surface area contributed by atoms with Crippen LogP contribution in [0.15, 0.2) is 30.3 Å². The Hall–Kier alpha value is -3.00. The summed E-state index contributed by atoms with van der Waals surface area (Å²) in [5.74, 6) is 0.0291. The van der Waals surface area contributed by atoms with Gasteiger partial charge in [0, 0.05) is 11.6 Å². The zero-order valence-electron chi connectivity index (χ0n) is 13.8. The molecule has 1 amide bonds. The third-order valence-electron chi connectivity index (χ3n) is 3.73. The fourth-order valence-electron chi connectivity index (χ4n) is 2.44. The highest BCUT2D eigenvalue weighted by Crippen LogP contribution is 2.36. The lowest BCUT2D eigenvalue weighted by Crippen LogP contribution is -2.13. The molecule has 0 saturated carbocycles. The fourth-order valence-corrected chi connectivity index (χ4v) is 3.36. The number of nitro benzene ring substituents is 1. The Kier molecular flexibility index (Phi) is 4.37. The zero-order chi connectivity index (χ0) is 18.1. The molecule has 0 radical (unpaired) electrons. The molecule has 0 fully saturated rings. The van der Waals surface area contributed by atoms with E-state index in [4.69, 9.17) is 4.74 Å². The molecule has 0 saturated heterocycles. The van der Waals surface area contributed by atoms with E-state index in [2.05, 4.69) is 10.3 Å². The molecule has 0 aliphatic rings. The van der Waals surface area contributed by atoms with Gasteiger partial charge in [-0.15, -0.1) is 0 Å². The number of amides is 1. The highest BCUT2D eigenvalue weighted by Gasteiger charge is 2.18. The number of methoxy groups -OCH3 is 1. The van der Waals surface area contributed by atoms with Gasteiger partial charge in [-0.05, 0) is 25.5 Å². The third kappa shape index (κ3) is 3.29. The number of hydrogen-bond acceptors (Lipinski definition) is 6. The molecular weight excluding hydrogens is 342 g/mol. The van der Waals surface area contributed by atoms with E-state index in [0.29, 0.717) is 26.7 Å². The van der Waals surface area contributed by atoms with E-state index >= 15 is 0 Å². The number of ether oxygens (including phenoxy) is 1. The number of non-ortho nitro benzene ring substituents is 1. The summed E-state index contributed by atoms with van der Waals surface area (Å²) >= 11 is 1.16. The van der Waals surface area contributed by atoms with Gasteiger partial charge in [0.05, 0.1) is 22.8 Å². The summed E-state index contributed by atoms with van der Waals surface area (Å²) in [5.41, 5.74) is 2.81. The predicted molar refractivity (Wildman–Crippen MR) is 96.7 cm³/mol. The Morgan fingerprint density at radius 3 is 2.72 bits per heavy atom. The van der Waals surface area contributed by atoms with Crippen molar-refractivity contribution in [1.29, 1.82) is 0 Å². The largest absolute Gasteiger partial charge is 0.494 e. The molecule has 0 aliphatic carbocycles. The smallest absolute Gasteiger partial charge is 0.274 e. The number of hydrogen-bond donors (Lipinski definition) is 1. The summed E-state index contributed by atoms with van der Waals surface area (Å²) in [6.07, 6.45) is 0. The first-order valence-electron chi connectivity index (χ1n) is 7.40. The molecule has 1 heterocycles. The van der Waals surface area contributed by atoms with Crippen LogP contribution in [0, 0.1) is 24.0 Å². The molecule has 128 valence electrons. The Bertz CT molecular complexity index is 997. The lowest BCUT2D eigenvalue weighted by molar-refractivity contribution is -0.384.